The van der Waals surface area contributed by atoms with E-state index < -0.39 is 0 Å². The molecule has 6 heteroatoms. The zero-order valence-corrected chi connectivity index (χ0v) is 15.7. The first-order valence-corrected chi connectivity index (χ1v) is 10.0. The molecule has 2 aromatic rings. The third kappa shape index (κ3) is 5.61. The van der Waals surface area contributed by atoms with Crippen LogP contribution in [0.4, 0.5) is 0 Å². The van der Waals surface area contributed by atoms with Gasteiger partial charge in [0, 0.05) is 30.4 Å². The predicted octanol–water partition coefficient (Wildman–Crippen LogP) is 3.10. The van der Waals surface area contributed by atoms with Crippen LogP contribution >= 0.6 is 11.3 Å². The Kier molecular flexibility index (Phi) is 6.94. The normalized spacial score (nSPS) is 18.6. The molecule has 3 rings (SSSR count). The maximum atomic E-state index is 5.40. The van der Waals surface area contributed by atoms with Gasteiger partial charge in [0.15, 0.2) is 5.96 Å². The summed E-state index contributed by atoms with van der Waals surface area (Å²) in [6, 6.07) is 8.76. The Morgan fingerprint density at radius 3 is 3.08 bits per heavy atom. The van der Waals surface area contributed by atoms with Crippen molar-refractivity contribution in [2.24, 2.45) is 4.99 Å². The summed E-state index contributed by atoms with van der Waals surface area (Å²) in [7, 11) is 0. The number of guanidine groups is 1. The number of likely N-dealkylation sites (tertiary alicyclic amines) is 1. The molecule has 1 fully saturated rings. The van der Waals surface area contributed by atoms with Gasteiger partial charge in [-0.15, -0.1) is 11.3 Å². The fourth-order valence-corrected chi connectivity index (χ4v) is 3.88. The number of thiophene rings is 1. The van der Waals surface area contributed by atoms with Gasteiger partial charge in [0.25, 0.3) is 0 Å². The van der Waals surface area contributed by atoms with Gasteiger partial charge >= 0.3 is 0 Å². The highest BCUT2D eigenvalue weighted by Gasteiger charge is 2.22. The van der Waals surface area contributed by atoms with E-state index in [0.29, 0.717) is 6.04 Å². The van der Waals surface area contributed by atoms with Crippen molar-refractivity contribution in [2.45, 2.75) is 38.8 Å². The molecule has 0 spiro atoms. The van der Waals surface area contributed by atoms with Crippen molar-refractivity contribution in [1.29, 1.82) is 0 Å². The quantitative estimate of drug-likeness (QED) is 0.561. The van der Waals surface area contributed by atoms with Crippen molar-refractivity contribution in [3.8, 4) is 0 Å². The molecule has 0 aliphatic carbocycles. The molecule has 2 aromatic heterocycles. The summed E-state index contributed by atoms with van der Waals surface area (Å²) in [5, 5.41) is 9.08. The van der Waals surface area contributed by atoms with E-state index in [2.05, 4.69) is 40.0 Å². The second-order valence-corrected chi connectivity index (χ2v) is 7.34. The van der Waals surface area contributed by atoms with Crippen LogP contribution in [0.25, 0.3) is 0 Å². The predicted molar refractivity (Wildman–Crippen MR) is 104 cm³/mol. The Hall–Kier alpha value is -1.79. The van der Waals surface area contributed by atoms with E-state index in [4.69, 9.17) is 9.41 Å². The fraction of sp³-hybridized carbons (Fsp3) is 0.526. The Morgan fingerprint density at radius 2 is 2.32 bits per heavy atom. The summed E-state index contributed by atoms with van der Waals surface area (Å²) in [6.45, 7) is 7.06. The van der Waals surface area contributed by atoms with Crippen molar-refractivity contribution in [3.63, 3.8) is 0 Å². The number of rotatable bonds is 8. The molecule has 136 valence electrons. The number of aliphatic imine (C=N–C) groups is 1. The molecule has 1 aliphatic rings. The molecule has 0 aromatic carbocycles. The van der Waals surface area contributed by atoms with E-state index in [-0.39, 0.29) is 0 Å². The van der Waals surface area contributed by atoms with Crippen LogP contribution in [0.5, 0.6) is 0 Å². The molecule has 1 unspecified atom stereocenters. The molecule has 0 bridgehead atoms. The largest absolute Gasteiger partial charge is 0.469 e. The lowest BCUT2D eigenvalue weighted by Crippen LogP contribution is -2.45. The molecule has 3 heterocycles. The Balaban J connectivity index is 1.52. The lowest BCUT2D eigenvalue weighted by Gasteiger charge is -2.24. The molecule has 1 aliphatic heterocycles. The second kappa shape index (κ2) is 9.63. The van der Waals surface area contributed by atoms with Gasteiger partial charge in [0.05, 0.1) is 12.8 Å². The number of hydrogen-bond donors (Lipinski definition) is 2. The average molecular weight is 361 g/mol. The minimum atomic E-state index is 0.615. The van der Waals surface area contributed by atoms with Crippen molar-refractivity contribution in [3.05, 3.63) is 46.5 Å². The Labute approximate surface area is 154 Å². The summed E-state index contributed by atoms with van der Waals surface area (Å²) in [5.41, 5.74) is 0. The van der Waals surface area contributed by atoms with Crippen LogP contribution in [-0.2, 0) is 13.0 Å². The summed E-state index contributed by atoms with van der Waals surface area (Å²) < 4.78 is 5.40. The van der Waals surface area contributed by atoms with Gasteiger partial charge in [0.1, 0.15) is 5.76 Å². The Bertz CT molecular complexity index is 624. The molecule has 25 heavy (non-hydrogen) atoms. The van der Waals surface area contributed by atoms with Gasteiger partial charge in [-0.05, 0) is 49.5 Å². The van der Waals surface area contributed by atoms with Crippen LogP contribution in [0.3, 0.4) is 0 Å². The lowest BCUT2D eigenvalue weighted by atomic mass is 10.2. The molecule has 0 amide bonds. The monoisotopic (exact) mass is 360 g/mol. The van der Waals surface area contributed by atoms with Crippen molar-refractivity contribution < 1.29 is 4.42 Å². The third-order valence-corrected chi connectivity index (χ3v) is 5.49. The van der Waals surface area contributed by atoms with Gasteiger partial charge in [0.2, 0.25) is 0 Å². The van der Waals surface area contributed by atoms with Gasteiger partial charge in [-0.1, -0.05) is 13.0 Å². The SMILES string of the molecule is CCN1CCCC1CNC(=NCc1cccs1)NCCc1ccco1. The first-order chi connectivity index (χ1) is 12.3. The number of likely N-dealkylation sites (N-methyl/N-ethyl adjacent to an activating group) is 1. The highest BCUT2D eigenvalue weighted by molar-refractivity contribution is 7.09. The number of nitrogens with zero attached hydrogens (tertiary/aromatic N) is 2. The van der Waals surface area contributed by atoms with Crippen molar-refractivity contribution >= 4 is 17.3 Å². The van der Waals surface area contributed by atoms with Crippen molar-refractivity contribution in [1.82, 2.24) is 15.5 Å². The van der Waals surface area contributed by atoms with E-state index in [1.54, 1.807) is 17.6 Å². The molecule has 0 radical (unpaired) electrons. The van der Waals surface area contributed by atoms with E-state index in [9.17, 15) is 0 Å². The number of hydrogen-bond acceptors (Lipinski definition) is 4. The average Bonchev–Trinajstić information content (AvgIpc) is 3.39. The van der Waals surface area contributed by atoms with Crippen LogP contribution in [0, 0.1) is 0 Å². The topological polar surface area (TPSA) is 52.8 Å². The summed E-state index contributed by atoms with van der Waals surface area (Å²) >= 11 is 1.75. The van der Waals surface area contributed by atoms with Crippen LogP contribution in [0.1, 0.15) is 30.4 Å². The van der Waals surface area contributed by atoms with Gasteiger partial charge in [-0.3, -0.25) is 4.90 Å². The van der Waals surface area contributed by atoms with Crippen LogP contribution in [0.2, 0.25) is 0 Å². The number of nitrogens with one attached hydrogen (secondary N) is 2. The molecule has 0 saturated carbocycles. The van der Waals surface area contributed by atoms with Gasteiger partial charge < -0.3 is 15.1 Å². The van der Waals surface area contributed by atoms with E-state index in [1.807, 2.05) is 12.1 Å². The minimum absolute atomic E-state index is 0.615. The minimum Gasteiger partial charge on any atom is -0.469 e. The Morgan fingerprint density at radius 1 is 1.36 bits per heavy atom. The highest BCUT2D eigenvalue weighted by atomic mass is 32.1. The number of furan rings is 1. The van der Waals surface area contributed by atoms with Crippen LogP contribution in [0.15, 0.2) is 45.3 Å². The second-order valence-electron chi connectivity index (χ2n) is 6.31. The van der Waals surface area contributed by atoms with Gasteiger partial charge in [-0.2, -0.15) is 0 Å². The molecule has 1 saturated heterocycles. The molecule has 5 nitrogen and oxygen atoms in total. The van der Waals surface area contributed by atoms with E-state index in [1.165, 1.54) is 24.3 Å². The maximum Gasteiger partial charge on any atom is 0.191 e. The molecular formula is C19H28N4OS. The molecular weight excluding hydrogens is 332 g/mol. The smallest absolute Gasteiger partial charge is 0.191 e. The van der Waals surface area contributed by atoms with E-state index >= 15 is 0 Å². The lowest BCUT2D eigenvalue weighted by molar-refractivity contribution is 0.267. The highest BCUT2D eigenvalue weighted by Crippen LogP contribution is 2.15. The van der Waals surface area contributed by atoms with Crippen LogP contribution < -0.4 is 10.6 Å². The summed E-state index contributed by atoms with van der Waals surface area (Å²) in [6.07, 6.45) is 5.15. The van der Waals surface area contributed by atoms with Gasteiger partial charge in [-0.25, -0.2) is 4.99 Å². The zero-order chi connectivity index (χ0) is 17.3. The molecule has 1 atom stereocenters. The first-order valence-electron chi connectivity index (χ1n) is 9.16. The maximum absolute atomic E-state index is 5.40. The van der Waals surface area contributed by atoms with E-state index in [0.717, 1.165) is 44.3 Å². The third-order valence-electron chi connectivity index (χ3n) is 4.63. The standard InChI is InChI=1S/C19H28N4OS/c1-2-23-11-3-6-16(23)14-21-19(22-15-18-8-5-13-25-18)20-10-9-17-7-4-12-24-17/h4-5,7-8,12-13,16H,2-3,6,9-11,14-15H2,1H3,(H2,20,21,22). The zero-order valence-electron chi connectivity index (χ0n) is 14.9. The first kappa shape index (κ1) is 18.0. The summed E-state index contributed by atoms with van der Waals surface area (Å²) in [5.74, 6) is 1.89. The summed E-state index contributed by atoms with van der Waals surface area (Å²) in [4.78, 5) is 8.58. The fourth-order valence-electron chi connectivity index (χ4n) is 3.25. The molecule has 2 N–H and O–H groups in total. The van der Waals surface area contributed by atoms with Crippen molar-refractivity contribution in [2.75, 3.05) is 26.2 Å². The van der Waals surface area contributed by atoms with Crippen LogP contribution in [-0.4, -0.2) is 43.1 Å².